The van der Waals surface area contributed by atoms with E-state index >= 15 is 0 Å². The average Bonchev–Trinajstić information content (AvgIpc) is 3.17. The third kappa shape index (κ3) is 3.03. The van der Waals surface area contributed by atoms with Gasteiger partial charge in [-0.2, -0.15) is 0 Å². The van der Waals surface area contributed by atoms with Crippen molar-refractivity contribution >= 4 is 5.91 Å². The molecule has 0 unspecified atom stereocenters. The molecule has 0 aliphatic carbocycles. The van der Waals surface area contributed by atoms with Crippen LogP contribution in [-0.4, -0.2) is 46.2 Å². The van der Waals surface area contributed by atoms with Gasteiger partial charge in [0, 0.05) is 38.3 Å². The Bertz CT molecular complexity index is 624. The van der Waals surface area contributed by atoms with Crippen LogP contribution in [0.3, 0.4) is 0 Å². The van der Waals surface area contributed by atoms with Gasteiger partial charge in [0.1, 0.15) is 0 Å². The number of benzene rings is 1. The first kappa shape index (κ1) is 14.7. The van der Waals surface area contributed by atoms with Crippen molar-refractivity contribution in [3.63, 3.8) is 0 Å². The van der Waals surface area contributed by atoms with E-state index in [1.165, 1.54) is 0 Å². The van der Waals surface area contributed by atoms with Crippen LogP contribution in [0.15, 0.2) is 43.0 Å². The average molecular weight is 300 g/mol. The first-order valence-corrected chi connectivity index (χ1v) is 7.31. The van der Waals surface area contributed by atoms with Gasteiger partial charge >= 0.3 is 0 Å². The van der Waals surface area contributed by atoms with E-state index in [4.69, 9.17) is 10.5 Å². The Balaban J connectivity index is 1.71. The first-order chi connectivity index (χ1) is 10.7. The molecule has 0 spiro atoms. The molecule has 0 radical (unpaired) electrons. The molecule has 0 saturated carbocycles. The number of aromatic nitrogens is 2. The lowest BCUT2D eigenvalue weighted by molar-refractivity contribution is -0.122. The number of carbonyl (C=O) groups is 1. The molecule has 3 rings (SSSR count). The molecule has 1 aliphatic heterocycles. The fourth-order valence-corrected chi connectivity index (χ4v) is 2.92. The number of ether oxygens (including phenoxy) is 1. The molecule has 1 aromatic heterocycles. The van der Waals surface area contributed by atoms with Gasteiger partial charge in [-0.05, 0) is 24.1 Å². The van der Waals surface area contributed by atoms with Crippen molar-refractivity contribution < 1.29 is 9.53 Å². The van der Waals surface area contributed by atoms with E-state index in [9.17, 15) is 4.79 Å². The summed E-state index contributed by atoms with van der Waals surface area (Å²) in [4.78, 5) is 17.7. The molecule has 22 heavy (non-hydrogen) atoms. The van der Waals surface area contributed by atoms with Gasteiger partial charge in [0.25, 0.3) is 0 Å². The van der Waals surface area contributed by atoms with Crippen LogP contribution in [0.25, 0.3) is 5.69 Å². The highest BCUT2D eigenvalue weighted by atomic mass is 16.5. The standard InChI is InChI=1S/C16H20N4O2/c1-22-14-8-15(16(17)21)20(10-14)9-12-2-4-13(5-3-12)19-7-6-18-11-19/h2-7,11,14-15H,8-10H2,1H3,(H2,17,21)/t14-,15-/m0/s1. The van der Waals surface area contributed by atoms with Crippen LogP contribution < -0.4 is 5.73 Å². The molecule has 116 valence electrons. The number of likely N-dealkylation sites (tertiary alicyclic amines) is 1. The highest BCUT2D eigenvalue weighted by Gasteiger charge is 2.35. The van der Waals surface area contributed by atoms with Crippen LogP contribution in [0.1, 0.15) is 12.0 Å². The van der Waals surface area contributed by atoms with Crippen LogP contribution >= 0.6 is 0 Å². The number of hydrogen-bond acceptors (Lipinski definition) is 4. The summed E-state index contributed by atoms with van der Waals surface area (Å²) >= 11 is 0. The summed E-state index contributed by atoms with van der Waals surface area (Å²) in [5, 5.41) is 0. The van der Waals surface area contributed by atoms with Crippen molar-refractivity contribution in [1.29, 1.82) is 0 Å². The van der Waals surface area contributed by atoms with Crippen molar-refractivity contribution in [3.8, 4) is 5.69 Å². The number of amides is 1. The molecule has 0 bridgehead atoms. The lowest BCUT2D eigenvalue weighted by Gasteiger charge is -2.21. The normalized spacial score (nSPS) is 22.0. The monoisotopic (exact) mass is 300 g/mol. The Labute approximate surface area is 129 Å². The van der Waals surface area contributed by atoms with Gasteiger partial charge in [-0.3, -0.25) is 9.69 Å². The second kappa shape index (κ2) is 6.29. The zero-order valence-electron chi connectivity index (χ0n) is 12.6. The third-order valence-electron chi connectivity index (χ3n) is 4.15. The van der Waals surface area contributed by atoms with Gasteiger partial charge in [0.05, 0.1) is 18.5 Å². The lowest BCUT2D eigenvalue weighted by atomic mass is 10.1. The van der Waals surface area contributed by atoms with E-state index in [1.807, 2.05) is 22.9 Å². The second-order valence-corrected chi connectivity index (χ2v) is 5.58. The molecular weight excluding hydrogens is 280 g/mol. The molecule has 2 atom stereocenters. The van der Waals surface area contributed by atoms with E-state index < -0.39 is 0 Å². The van der Waals surface area contributed by atoms with E-state index in [-0.39, 0.29) is 18.1 Å². The number of imidazole rings is 1. The summed E-state index contributed by atoms with van der Waals surface area (Å²) in [6, 6.07) is 7.96. The first-order valence-electron chi connectivity index (χ1n) is 7.31. The van der Waals surface area contributed by atoms with Gasteiger partial charge in [0.2, 0.25) is 5.91 Å². The van der Waals surface area contributed by atoms with Gasteiger partial charge in [-0.15, -0.1) is 0 Å². The molecule has 1 saturated heterocycles. The third-order valence-corrected chi connectivity index (χ3v) is 4.15. The molecule has 1 fully saturated rings. The predicted octanol–water partition coefficient (Wildman–Crippen LogP) is 0.947. The number of hydrogen-bond donors (Lipinski definition) is 1. The summed E-state index contributed by atoms with van der Waals surface area (Å²) < 4.78 is 7.32. The molecule has 6 heteroatoms. The van der Waals surface area contributed by atoms with Gasteiger partial charge in [-0.1, -0.05) is 12.1 Å². The molecule has 2 N–H and O–H groups in total. The summed E-state index contributed by atoms with van der Waals surface area (Å²) in [6.45, 7) is 1.42. The van der Waals surface area contributed by atoms with Crippen molar-refractivity contribution in [2.75, 3.05) is 13.7 Å². The van der Waals surface area contributed by atoms with Crippen molar-refractivity contribution in [2.24, 2.45) is 5.73 Å². The Morgan fingerprint density at radius 1 is 1.41 bits per heavy atom. The van der Waals surface area contributed by atoms with E-state index in [2.05, 4.69) is 22.0 Å². The number of nitrogens with zero attached hydrogens (tertiary/aromatic N) is 3. The summed E-state index contributed by atoms with van der Waals surface area (Å²) in [7, 11) is 1.67. The molecule has 1 aliphatic rings. The minimum Gasteiger partial charge on any atom is -0.380 e. The van der Waals surface area contributed by atoms with Crippen LogP contribution in [0.2, 0.25) is 0 Å². The number of nitrogens with two attached hydrogens (primary N) is 1. The molecular formula is C16H20N4O2. The smallest absolute Gasteiger partial charge is 0.234 e. The quantitative estimate of drug-likeness (QED) is 0.892. The Kier molecular flexibility index (Phi) is 4.22. The SMILES string of the molecule is CO[C@H]1C[C@@H](C(N)=O)N(Cc2ccc(-n3ccnc3)cc2)C1. The summed E-state index contributed by atoms with van der Waals surface area (Å²) in [5.74, 6) is -0.283. The van der Waals surface area contributed by atoms with E-state index in [1.54, 1.807) is 19.6 Å². The minimum absolute atomic E-state index is 0.0720. The molecule has 1 amide bonds. The van der Waals surface area contributed by atoms with E-state index in [0.29, 0.717) is 13.0 Å². The van der Waals surface area contributed by atoms with Crippen molar-refractivity contribution in [1.82, 2.24) is 14.5 Å². The van der Waals surface area contributed by atoms with Gasteiger partial charge in [-0.25, -0.2) is 4.98 Å². The molecule has 1 aromatic carbocycles. The Morgan fingerprint density at radius 3 is 2.77 bits per heavy atom. The molecule has 6 nitrogen and oxygen atoms in total. The summed E-state index contributed by atoms with van der Waals surface area (Å²) in [5.41, 5.74) is 7.70. The molecule has 2 heterocycles. The predicted molar refractivity (Wildman–Crippen MR) is 82.4 cm³/mol. The van der Waals surface area contributed by atoms with Gasteiger partial charge < -0.3 is 15.0 Å². The number of carbonyl (C=O) groups excluding carboxylic acids is 1. The second-order valence-electron chi connectivity index (χ2n) is 5.58. The highest BCUT2D eigenvalue weighted by molar-refractivity contribution is 5.80. The zero-order chi connectivity index (χ0) is 15.5. The van der Waals surface area contributed by atoms with Crippen LogP contribution in [-0.2, 0) is 16.1 Å². The fourth-order valence-electron chi connectivity index (χ4n) is 2.92. The van der Waals surface area contributed by atoms with Crippen molar-refractivity contribution in [3.05, 3.63) is 48.5 Å². The Hall–Kier alpha value is -2.18. The van der Waals surface area contributed by atoms with Crippen LogP contribution in [0, 0.1) is 0 Å². The largest absolute Gasteiger partial charge is 0.380 e. The van der Waals surface area contributed by atoms with Crippen LogP contribution in [0.4, 0.5) is 0 Å². The van der Waals surface area contributed by atoms with Crippen molar-refractivity contribution in [2.45, 2.75) is 25.1 Å². The zero-order valence-corrected chi connectivity index (χ0v) is 12.6. The van der Waals surface area contributed by atoms with Crippen LogP contribution in [0.5, 0.6) is 0 Å². The number of methoxy groups -OCH3 is 1. The van der Waals surface area contributed by atoms with E-state index in [0.717, 1.165) is 17.8 Å². The maximum absolute atomic E-state index is 11.6. The number of primary amides is 1. The maximum atomic E-state index is 11.6. The fraction of sp³-hybridized carbons (Fsp3) is 0.375. The topological polar surface area (TPSA) is 73.4 Å². The minimum atomic E-state index is -0.283. The molecule has 2 aromatic rings. The Morgan fingerprint density at radius 2 is 2.18 bits per heavy atom. The highest BCUT2D eigenvalue weighted by Crippen LogP contribution is 2.22. The number of rotatable bonds is 5. The lowest BCUT2D eigenvalue weighted by Crippen LogP contribution is -2.39. The summed E-state index contributed by atoms with van der Waals surface area (Å²) in [6.07, 6.45) is 6.16. The maximum Gasteiger partial charge on any atom is 0.234 e. The van der Waals surface area contributed by atoms with Gasteiger partial charge in [0.15, 0.2) is 0 Å².